The van der Waals surface area contributed by atoms with E-state index < -0.39 is 0 Å². The van der Waals surface area contributed by atoms with Gasteiger partial charge < -0.3 is 4.90 Å². The molecular weight excluding hydrogens is 390 g/mol. The molecule has 0 saturated carbocycles. The van der Waals surface area contributed by atoms with E-state index in [9.17, 15) is 4.79 Å². The maximum absolute atomic E-state index is 12.6. The van der Waals surface area contributed by atoms with Gasteiger partial charge in [-0.1, -0.05) is 25.6 Å². The Morgan fingerprint density at radius 2 is 2.18 bits per heavy atom. The van der Waals surface area contributed by atoms with Gasteiger partial charge in [-0.3, -0.25) is 9.20 Å². The van der Waals surface area contributed by atoms with E-state index in [1.807, 2.05) is 15.6 Å². The third kappa shape index (κ3) is 3.20. The number of piperidine rings is 1. The lowest BCUT2D eigenvalue weighted by Gasteiger charge is -2.30. The Balaban J connectivity index is 1.40. The molecule has 2 aliphatic rings. The summed E-state index contributed by atoms with van der Waals surface area (Å²) in [5.41, 5.74) is 2.30. The van der Waals surface area contributed by atoms with Gasteiger partial charge >= 0.3 is 0 Å². The number of rotatable bonds is 3. The number of thioether (sulfide) groups is 1. The van der Waals surface area contributed by atoms with Crippen LogP contribution in [0.1, 0.15) is 43.6 Å². The first-order chi connectivity index (χ1) is 13.6. The van der Waals surface area contributed by atoms with E-state index in [0.29, 0.717) is 11.7 Å². The number of amides is 1. The predicted octanol–water partition coefficient (Wildman–Crippen LogP) is 3.81. The number of fused-ring (bicyclic) bond motifs is 5. The molecule has 1 saturated heterocycles. The first kappa shape index (κ1) is 18.4. The highest BCUT2D eigenvalue weighted by atomic mass is 32.2. The van der Waals surface area contributed by atoms with Crippen molar-refractivity contribution >= 4 is 44.9 Å². The van der Waals surface area contributed by atoms with E-state index in [4.69, 9.17) is 4.98 Å². The van der Waals surface area contributed by atoms with E-state index in [-0.39, 0.29) is 5.91 Å². The molecule has 0 N–H and O–H groups in total. The minimum Gasteiger partial charge on any atom is -0.342 e. The maximum atomic E-state index is 12.6. The summed E-state index contributed by atoms with van der Waals surface area (Å²) in [6.45, 7) is 6.30. The van der Waals surface area contributed by atoms with Gasteiger partial charge in [0.1, 0.15) is 11.2 Å². The molecule has 148 valence electrons. The largest absolute Gasteiger partial charge is 0.342 e. The summed E-state index contributed by atoms with van der Waals surface area (Å²) in [5.74, 6) is 1.94. The molecule has 6 nitrogen and oxygen atoms in total. The van der Waals surface area contributed by atoms with Gasteiger partial charge in [-0.05, 0) is 49.5 Å². The second-order valence-electron chi connectivity index (χ2n) is 8.33. The zero-order valence-corrected chi connectivity index (χ0v) is 18.0. The molecule has 0 unspecified atom stereocenters. The van der Waals surface area contributed by atoms with Gasteiger partial charge in [0.15, 0.2) is 10.8 Å². The molecule has 1 aliphatic heterocycles. The van der Waals surface area contributed by atoms with Crippen LogP contribution in [0.3, 0.4) is 0 Å². The number of aromatic nitrogens is 4. The molecular formula is C20H25N5OS2. The van der Waals surface area contributed by atoms with E-state index >= 15 is 0 Å². The van der Waals surface area contributed by atoms with E-state index in [1.165, 1.54) is 40.4 Å². The molecule has 3 aromatic heterocycles. The molecule has 5 rings (SSSR count). The predicted molar refractivity (Wildman–Crippen MR) is 113 cm³/mol. The van der Waals surface area contributed by atoms with Crippen LogP contribution in [-0.2, 0) is 17.6 Å². The number of likely N-dealkylation sites (tertiary alicyclic amines) is 1. The third-order valence-corrected chi connectivity index (χ3v) is 8.10. The number of thiophene rings is 1. The van der Waals surface area contributed by atoms with E-state index in [2.05, 4.69) is 24.0 Å². The smallest absolute Gasteiger partial charge is 0.233 e. The number of hydrogen-bond acceptors (Lipinski definition) is 6. The van der Waals surface area contributed by atoms with Gasteiger partial charge in [-0.2, -0.15) is 0 Å². The summed E-state index contributed by atoms with van der Waals surface area (Å²) >= 11 is 3.28. The highest BCUT2D eigenvalue weighted by Crippen LogP contribution is 2.39. The van der Waals surface area contributed by atoms with Crippen molar-refractivity contribution < 1.29 is 4.79 Å². The average Bonchev–Trinajstić information content (AvgIpc) is 3.26. The zero-order chi connectivity index (χ0) is 19.3. The van der Waals surface area contributed by atoms with Crippen molar-refractivity contribution in [1.82, 2.24) is 24.5 Å². The van der Waals surface area contributed by atoms with Crippen LogP contribution in [0.4, 0.5) is 0 Å². The van der Waals surface area contributed by atoms with Crippen molar-refractivity contribution in [1.29, 1.82) is 0 Å². The molecule has 2 atom stereocenters. The van der Waals surface area contributed by atoms with E-state index in [0.717, 1.165) is 53.9 Å². The van der Waals surface area contributed by atoms with Crippen LogP contribution in [0.5, 0.6) is 0 Å². The highest BCUT2D eigenvalue weighted by Gasteiger charge is 2.25. The van der Waals surface area contributed by atoms with Crippen LogP contribution in [0, 0.1) is 11.8 Å². The lowest BCUT2D eigenvalue weighted by atomic mass is 9.89. The summed E-state index contributed by atoms with van der Waals surface area (Å²) in [5, 5.41) is 10.8. The molecule has 0 bridgehead atoms. The van der Waals surface area contributed by atoms with Gasteiger partial charge in [0.25, 0.3) is 0 Å². The minimum atomic E-state index is 0.198. The minimum absolute atomic E-state index is 0.198. The van der Waals surface area contributed by atoms with Crippen LogP contribution in [0.15, 0.2) is 11.5 Å². The molecule has 28 heavy (non-hydrogen) atoms. The first-order valence-electron chi connectivity index (χ1n) is 10.1. The van der Waals surface area contributed by atoms with E-state index in [1.54, 1.807) is 11.3 Å². The molecule has 8 heteroatoms. The lowest BCUT2D eigenvalue weighted by Crippen LogP contribution is -2.40. The number of carbonyl (C=O) groups excluding carboxylic acids is 1. The monoisotopic (exact) mass is 415 g/mol. The normalized spacial score (nSPS) is 22.7. The fourth-order valence-electron chi connectivity index (χ4n) is 4.45. The second-order valence-corrected chi connectivity index (χ2v) is 10.4. The SMILES string of the molecule is C[C@@H]1CCc2c(sc3ncn4c(SCC(=O)N5CCC[C@H](C)C5)nnc4c23)C1. The van der Waals surface area contributed by atoms with Gasteiger partial charge in [0.05, 0.1) is 11.1 Å². The van der Waals surface area contributed by atoms with Crippen LogP contribution in [0.2, 0.25) is 0 Å². The standard InChI is InChI=1S/C20H25N5OS2/c1-12-5-6-14-15(8-12)28-19-17(14)18-22-23-20(25(18)11-21-19)27-10-16(26)24-7-3-4-13(2)9-24/h11-13H,3-10H2,1-2H3/t12-,13+/m1/s1. The summed E-state index contributed by atoms with van der Waals surface area (Å²) < 4.78 is 1.96. The van der Waals surface area contributed by atoms with Gasteiger partial charge in [0.2, 0.25) is 5.91 Å². The summed E-state index contributed by atoms with van der Waals surface area (Å²) in [4.78, 5) is 21.8. The van der Waals surface area contributed by atoms with Crippen LogP contribution >= 0.6 is 23.1 Å². The summed E-state index contributed by atoms with van der Waals surface area (Å²) in [6, 6.07) is 0. The maximum Gasteiger partial charge on any atom is 0.233 e. The Hall–Kier alpha value is -1.67. The molecule has 0 radical (unpaired) electrons. The third-order valence-electron chi connectivity index (χ3n) is 6.01. The Morgan fingerprint density at radius 3 is 3.04 bits per heavy atom. The number of aryl methyl sites for hydroxylation is 1. The first-order valence-corrected chi connectivity index (χ1v) is 11.9. The average molecular weight is 416 g/mol. The number of carbonyl (C=O) groups is 1. The molecule has 3 aromatic rings. The molecule has 0 aromatic carbocycles. The van der Waals surface area contributed by atoms with Crippen molar-refractivity contribution in [2.45, 2.75) is 51.1 Å². The van der Waals surface area contributed by atoms with Gasteiger partial charge in [-0.25, -0.2) is 4.98 Å². The molecule has 0 spiro atoms. The van der Waals surface area contributed by atoms with Crippen molar-refractivity contribution in [2.75, 3.05) is 18.8 Å². The Labute approximate surface area is 172 Å². The van der Waals surface area contributed by atoms with Crippen LogP contribution in [-0.4, -0.2) is 49.2 Å². The Morgan fingerprint density at radius 1 is 1.29 bits per heavy atom. The lowest BCUT2D eigenvalue weighted by molar-refractivity contribution is -0.130. The van der Waals surface area contributed by atoms with Crippen molar-refractivity contribution in [3.63, 3.8) is 0 Å². The Bertz CT molecular complexity index is 1040. The zero-order valence-electron chi connectivity index (χ0n) is 16.3. The topological polar surface area (TPSA) is 63.4 Å². The molecule has 1 fully saturated rings. The second kappa shape index (κ2) is 7.30. The van der Waals surface area contributed by atoms with Crippen molar-refractivity contribution in [3.8, 4) is 0 Å². The summed E-state index contributed by atoms with van der Waals surface area (Å²) in [7, 11) is 0. The molecule has 1 amide bonds. The van der Waals surface area contributed by atoms with Crippen LogP contribution < -0.4 is 0 Å². The van der Waals surface area contributed by atoms with Crippen molar-refractivity contribution in [2.24, 2.45) is 11.8 Å². The quantitative estimate of drug-likeness (QED) is 0.609. The highest BCUT2D eigenvalue weighted by molar-refractivity contribution is 7.99. The number of nitrogens with zero attached hydrogens (tertiary/aromatic N) is 5. The fourth-order valence-corrected chi connectivity index (χ4v) is 6.60. The van der Waals surface area contributed by atoms with Gasteiger partial charge in [-0.15, -0.1) is 21.5 Å². The summed E-state index contributed by atoms with van der Waals surface area (Å²) in [6.07, 6.45) is 7.60. The van der Waals surface area contributed by atoms with Gasteiger partial charge in [0, 0.05) is 18.0 Å². The fraction of sp³-hybridized carbons (Fsp3) is 0.600. The van der Waals surface area contributed by atoms with Crippen LogP contribution in [0.25, 0.3) is 15.9 Å². The van der Waals surface area contributed by atoms with Crippen molar-refractivity contribution in [3.05, 3.63) is 16.8 Å². The molecule has 1 aliphatic carbocycles. The molecule has 4 heterocycles. The number of hydrogen-bond donors (Lipinski definition) is 0. The Kier molecular flexibility index (Phi) is 4.79.